The molecule has 1 atom stereocenters. The lowest BCUT2D eigenvalue weighted by Gasteiger charge is -2.15. The van der Waals surface area contributed by atoms with E-state index >= 15 is 0 Å². The standard InChI is InChI=1S/C21H23N3O3/c1-15(21(27)22-11-7-13-23-12-6-5-10-20(23)26)24-14-18(16(2)25)17-8-3-4-9-19(17)24/h3-6,8-10,12,14-15H,7,11,13H2,1-2H3,(H,22,27)/t15-/m0/s1. The molecule has 0 fully saturated rings. The largest absolute Gasteiger partial charge is 0.354 e. The Kier molecular flexibility index (Phi) is 5.54. The zero-order chi connectivity index (χ0) is 19.4. The maximum atomic E-state index is 12.6. The molecule has 27 heavy (non-hydrogen) atoms. The third-order valence-electron chi connectivity index (χ3n) is 4.69. The number of Topliss-reactive ketones (excluding diaryl/α,β-unsaturated/α-hetero) is 1. The average molecular weight is 365 g/mol. The third kappa shape index (κ3) is 4.00. The fourth-order valence-corrected chi connectivity index (χ4v) is 3.19. The summed E-state index contributed by atoms with van der Waals surface area (Å²) in [5, 5.41) is 3.77. The Labute approximate surface area is 157 Å². The van der Waals surface area contributed by atoms with Crippen LogP contribution in [0.15, 0.2) is 59.7 Å². The van der Waals surface area contributed by atoms with E-state index in [2.05, 4.69) is 5.32 Å². The minimum atomic E-state index is -0.442. The molecule has 0 aliphatic heterocycles. The van der Waals surface area contributed by atoms with Crippen molar-refractivity contribution < 1.29 is 9.59 Å². The van der Waals surface area contributed by atoms with Gasteiger partial charge in [-0.05, 0) is 32.4 Å². The van der Waals surface area contributed by atoms with Crippen LogP contribution >= 0.6 is 0 Å². The van der Waals surface area contributed by atoms with Crippen LogP contribution in [0.5, 0.6) is 0 Å². The Hall–Kier alpha value is -3.15. The van der Waals surface area contributed by atoms with Crippen LogP contribution in [0, 0.1) is 0 Å². The molecule has 0 aliphatic carbocycles. The predicted octanol–water partition coefficient (Wildman–Crippen LogP) is 2.77. The van der Waals surface area contributed by atoms with Gasteiger partial charge in [0.15, 0.2) is 5.78 Å². The van der Waals surface area contributed by atoms with E-state index in [-0.39, 0.29) is 17.2 Å². The van der Waals surface area contributed by atoms with E-state index in [0.717, 1.165) is 10.9 Å². The first-order chi connectivity index (χ1) is 13.0. The highest BCUT2D eigenvalue weighted by Gasteiger charge is 2.19. The number of hydrogen-bond donors (Lipinski definition) is 1. The van der Waals surface area contributed by atoms with Crippen LogP contribution in [-0.2, 0) is 11.3 Å². The molecule has 0 unspecified atom stereocenters. The number of para-hydroxylation sites is 1. The van der Waals surface area contributed by atoms with Gasteiger partial charge < -0.3 is 14.5 Å². The van der Waals surface area contributed by atoms with E-state index < -0.39 is 6.04 Å². The summed E-state index contributed by atoms with van der Waals surface area (Å²) >= 11 is 0. The van der Waals surface area contributed by atoms with Gasteiger partial charge in [0.05, 0.1) is 0 Å². The Morgan fingerprint density at radius 2 is 1.85 bits per heavy atom. The maximum absolute atomic E-state index is 12.6. The number of aryl methyl sites for hydroxylation is 1. The first kappa shape index (κ1) is 18.6. The molecule has 6 nitrogen and oxygen atoms in total. The number of rotatable bonds is 7. The summed E-state index contributed by atoms with van der Waals surface area (Å²) in [5.41, 5.74) is 1.43. The quantitative estimate of drug-likeness (QED) is 0.517. The summed E-state index contributed by atoms with van der Waals surface area (Å²) < 4.78 is 3.46. The molecule has 0 radical (unpaired) electrons. The molecule has 0 aliphatic rings. The molecule has 3 rings (SSSR count). The Bertz CT molecular complexity index is 1030. The zero-order valence-corrected chi connectivity index (χ0v) is 15.5. The summed E-state index contributed by atoms with van der Waals surface area (Å²) in [6, 6.07) is 12.2. The van der Waals surface area contributed by atoms with Gasteiger partial charge in [-0.1, -0.05) is 24.3 Å². The van der Waals surface area contributed by atoms with Gasteiger partial charge in [-0.3, -0.25) is 14.4 Å². The van der Waals surface area contributed by atoms with Gasteiger partial charge >= 0.3 is 0 Å². The van der Waals surface area contributed by atoms with Crippen molar-refractivity contribution in [3.63, 3.8) is 0 Å². The molecule has 1 amide bonds. The van der Waals surface area contributed by atoms with Gasteiger partial charge in [0.1, 0.15) is 6.04 Å². The normalized spacial score (nSPS) is 12.1. The van der Waals surface area contributed by atoms with Crippen LogP contribution in [0.4, 0.5) is 0 Å². The van der Waals surface area contributed by atoms with Crippen LogP contribution in [-0.4, -0.2) is 27.4 Å². The number of nitrogens with zero attached hydrogens (tertiary/aromatic N) is 2. The number of nitrogens with one attached hydrogen (secondary N) is 1. The van der Waals surface area contributed by atoms with E-state index in [1.165, 1.54) is 13.0 Å². The SMILES string of the molecule is CC(=O)c1cn([C@@H](C)C(=O)NCCCn2ccccc2=O)c2ccccc12. The molecule has 0 bridgehead atoms. The molecule has 0 spiro atoms. The lowest BCUT2D eigenvalue weighted by molar-refractivity contribution is -0.123. The number of aromatic nitrogens is 2. The van der Waals surface area contributed by atoms with Crippen molar-refractivity contribution in [2.45, 2.75) is 32.9 Å². The van der Waals surface area contributed by atoms with Gasteiger partial charge in [-0.15, -0.1) is 0 Å². The lowest BCUT2D eigenvalue weighted by Crippen LogP contribution is -2.32. The Morgan fingerprint density at radius 1 is 1.11 bits per heavy atom. The second-order valence-electron chi connectivity index (χ2n) is 6.58. The molecular weight excluding hydrogens is 342 g/mol. The van der Waals surface area contributed by atoms with E-state index in [1.807, 2.05) is 41.8 Å². The number of hydrogen-bond acceptors (Lipinski definition) is 3. The van der Waals surface area contributed by atoms with Crippen molar-refractivity contribution >= 4 is 22.6 Å². The molecule has 6 heteroatoms. The second-order valence-corrected chi connectivity index (χ2v) is 6.58. The smallest absolute Gasteiger partial charge is 0.250 e. The summed E-state index contributed by atoms with van der Waals surface area (Å²) in [7, 11) is 0. The minimum Gasteiger partial charge on any atom is -0.354 e. The van der Waals surface area contributed by atoms with Crippen molar-refractivity contribution in [1.29, 1.82) is 0 Å². The highest BCUT2D eigenvalue weighted by molar-refractivity contribution is 6.07. The molecule has 1 aromatic carbocycles. The molecule has 3 aromatic rings. The van der Waals surface area contributed by atoms with Crippen molar-refractivity contribution in [1.82, 2.24) is 14.5 Å². The zero-order valence-electron chi connectivity index (χ0n) is 15.5. The average Bonchev–Trinajstić information content (AvgIpc) is 3.05. The van der Waals surface area contributed by atoms with E-state index in [0.29, 0.717) is 25.1 Å². The summed E-state index contributed by atoms with van der Waals surface area (Å²) in [4.78, 5) is 36.1. The van der Waals surface area contributed by atoms with E-state index in [9.17, 15) is 14.4 Å². The summed E-state index contributed by atoms with van der Waals surface area (Å²) in [6.45, 7) is 4.37. The molecule has 1 N–H and O–H groups in total. The fraction of sp³-hybridized carbons (Fsp3) is 0.286. The predicted molar refractivity (Wildman–Crippen MR) is 105 cm³/mol. The lowest BCUT2D eigenvalue weighted by atomic mass is 10.1. The molecule has 2 aromatic heterocycles. The van der Waals surface area contributed by atoms with Gasteiger partial charge in [0.25, 0.3) is 0 Å². The molecule has 0 saturated heterocycles. The highest BCUT2D eigenvalue weighted by atomic mass is 16.2. The number of amides is 1. The monoisotopic (exact) mass is 365 g/mol. The van der Waals surface area contributed by atoms with Crippen LogP contribution in [0.25, 0.3) is 10.9 Å². The Balaban J connectivity index is 1.66. The number of carbonyl (C=O) groups excluding carboxylic acids is 2. The first-order valence-corrected chi connectivity index (χ1v) is 9.02. The van der Waals surface area contributed by atoms with Crippen LogP contribution in [0.3, 0.4) is 0 Å². The number of fused-ring (bicyclic) bond motifs is 1. The molecule has 0 saturated carbocycles. The summed E-state index contributed by atoms with van der Waals surface area (Å²) in [5.74, 6) is -0.142. The molecule has 140 valence electrons. The minimum absolute atomic E-state index is 0.0224. The highest BCUT2D eigenvalue weighted by Crippen LogP contribution is 2.25. The third-order valence-corrected chi connectivity index (χ3v) is 4.69. The number of benzene rings is 1. The number of ketones is 1. The van der Waals surface area contributed by atoms with E-state index in [1.54, 1.807) is 23.0 Å². The van der Waals surface area contributed by atoms with Crippen molar-refractivity contribution in [3.8, 4) is 0 Å². The number of carbonyl (C=O) groups is 2. The Morgan fingerprint density at radius 3 is 2.59 bits per heavy atom. The van der Waals surface area contributed by atoms with Crippen LogP contribution in [0.1, 0.15) is 36.7 Å². The van der Waals surface area contributed by atoms with Gasteiger partial charge in [-0.2, -0.15) is 0 Å². The molecule has 2 heterocycles. The summed E-state index contributed by atoms with van der Waals surface area (Å²) in [6.07, 6.45) is 4.15. The van der Waals surface area contributed by atoms with Gasteiger partial charge in [-0.25, -0.2) is 0 Å². The van der Waals surface area contributed by atoms with Crippen molar-refractivity contribution in [2.24, 2.45) is 0 Å². The van der Waals surface area contributed by atoms with Crippen molar-refractivity contribution in [2.75, 3.05) is 6.54 Å². The van der Waals surface area contributed by atoms with Gasteiger partial charge in [0, 0.05) is 48.0 Å². The van der Waals surface area contributed by atoms with Gasteiger partial charge in [0.2, 0.25) is 11.5 Å². The fourth-order valence-electron chi connectivity index (χ4n) is 3.19. The number of pyridine rings is 1. The first-order valence-electron chi connectivity index (χ1n) is 9.02. The van der Waals surface area contributed by atoms with Crippen LogP contribution < -0.4 is 10.9 Å². The van der Waals surface area contributed by atoms with Crippen LogP contribution in [0.2, 0.25) is 0 Å². The molecular formula is C21H23N3O3. The van der Waals surface area contributed by atoms with E-state index in [4.69, 9.17) is 0 Å². The topological polar surface area (TPSA) is 73.1 Å². The van der Waals surface area contributed by atoms with Crippen molar-refractivity contribution in [3.05, 3.63) is 70.8 Å². The maximum Gasteiger partial charge on any atom is 0.250 e. The second kappa shape index (κ2) is 8.03.